The van der Waals surface area contributed by atoms with Crippen LogP contribution >= 0.6 is 11.3 Å². The van der Waals surface area contributed by atoms with Crippen molar-refractivity contribution in [3.05, 3.63) is 69.5 Å². The van der Waals surface area contributed by atoms with Gasteiger partial charge >= 0.3 is 0 Å². The van der Waals surface area contributed by atoms with Gasteiger partial charge < -0.3 is 24.6 Å². The standard InChI is InChI=1S/C49H63NO6S/c1-30-6-9-39(57-30)43(53)36-27-47-16-17-49(36)40(44(47,2)13-10-35(51)26-47)11-14-45(3)41(49)12-15-48(45,54)29-50(28-46-23-32-18-33(24-46)20-34(19-32)25-46)42(52)22-31-7-8-37(55-4)38(21-31)56-5/h6-9,16-17,21,27,32-35,40-41,51,54H,10-15,18-20,22-26,28-29H2,1-5H3/t32?,33?,34?,35?,40-,41-,44-,45+,46?,47+,48-,49-/m1/s1. The Morgan fingerprint density at radius 2 is 1.49 bits per heavy atom. The van der Waals surface area contributed by atoms with Crippen LogP contribution < -0.4 is 9.47 Å². The highest BCUT2D eigenvalue weighted by Crippen LogP contribution is 2.78. The summed E-state index contributed by atoms with van der Waals surface area (Å²) in [5.74, 6) is 4.03. The van der Waals surface area contributed by atoms with Gasteiger partial charge in [0.2, 0.25) is 5.91 Å². The second-order valence-corrected chi connectivity index (χ2v) is 22.4. The van der Waals surface area contributed by atoms with Crippen LogP contribution in [0.25, 0.3) is 0 Å². The highest BCUT2D eigenvalue weighted by Gasteiger charge is 2.74. The average molecular weight is 794 g/mol. The van der Waals surface area contributed by atoms with Crippen LogP contribution in [0.2, 0.25) is 0 Å². The van der Waals surface area contributed by atoms with E-state index in [1.54, 1.807) is 25.6 Å². The maximum absolute atomic E-state index is 15.0. The molecule has 6 bridgehead atoms. The number of rotatable bonds is 10. The van der Waals surface area contributed by atoms with Crippen LogP contribution in [-0.4, -0.2) is 65.8 Å². The number of carbonyl (C=O) groups excluding carboxylic acids is 2. The van der Waals surface area contributed by atoms with Crippen molar-refractivity contribution >= 4 is 23.0 Å². The number of ketones is 1. The first kappa shape index (κ1) is 38.3. The quantitative estimate of drug-likeness (QED) is 0.184. The molecule has 10 aliphatic carbocycles. The first-order valence-electron chi connectivity index (χ1n) is 22.1. The Labute approximate surface area is 343 Å². The van der Waals surface area contributed by atoms with E-state index in [4.69, 9.17) is 9.47 Å². The molecule has 1 heterocycles. The van der Waals surface area contributed by atoms with Crippen LogP contribution in [-0.2, 0) is 11.2 Å². The van der Waals surface area contributed by atoms with E-state index in [0.717, 1.165) is 70.7 Å². The van der Waals surface area contributed by atoms with Crippen molar-refractivity contribution in [2.45, 2.75) is 122 Å². The van der Waals surface area contributed by atoms with E-state index in [1.807, 2.05) is 30.3 Å². The Morgan fingerprint density at radius 1 is 0.825 bits per heavy atom. The van der Waals surface area contributed by atoms with Gasteiger partial charge in [0.05, 0.1) is 37.2 Å². The molecule has 2 aromatic rings. The summed E-state index contributed by atoms with van der Waals surface area (Å²) >= 11 is 1.57. The molecule has 306 valence electrons. The molecule has 7 nitrogen and oxygen atoms in total. The van der Waals surface area contributed by atoms with Gasteiger partial charge in [-0.05, 0) is 161 Å². The van der Waals surface area contributed by atoms with Crippen LogP contribution in [0, 0.1) is 63.6 Å². The van der Waals surface area contributed by atoms with E-state index in [-0.39, 0.29) is 52.3 Å². The van der Waals surface area contributed by atoms with E-state index in [9.17, 15) is 19.8 Å². The van der Waals surface area contributed by atoms with Crippen LogP contribution in [0.3, 0.4) is 0 Å². The van der Waals surface area contributed by atoms with E-state index < -0.39 is 16.4 Å². The van der Waals surface area contributed by atoms with Crippen molar-refractivity contribution in [2.75, 3.05) is 27.3 Å². The summed E-state index contributed by atoms with van der Waals surface area (Å²) in [5, 5.41) is 24.6. The molecule has 2 N–H and O–H groups in total. The molecule has 1 aromatic carbocycles. The number of hydrogen-bond acceptors (Lipinski definition) is 7. The number of carbonyl (C=O) groups is 2. The smallest absolute Gasteiger partial charge is 0.227 e. The van der Waals surface area contributed by atoms with Gasteiger partial charge in [-0.3, -0.25) is 9.59 Å². The molecule has 0 aliphatic heterocycles. The van der Waals surface area contributed by atoms with Crippen LogP contribution in [0.5, 0.6) is 11.5 Å². The van der Waals surface area contributed by atoms with Crippen molar-refractivity contribution in [1.82, 2.24) is 4.90 Å². The van der Waals surface area contributed by atoms with Gasteiger partial charge in [0.15, 0.2) is 17.3 Å². The Morgan fingerprint density at radius 3 is 2.16 bits per heavy atom. The average Bonchev–Trinajstić information content (AvgIpc) is 3.73. The largest absolute Gasteiger partial charge is 0.493 e. The molecule has 10 aliphatic rings. The number of nitrogens with zero attached hydrogens (tertiary/aromatic N) is 1. The highest BCUT2D eigenvalue weighted by atomic mass is 32.1. The fourth-order valence-electron chi connectivity index (χ4n) is 16.0. The topological polar surface area (TPSA) is 96.3 Å². The molecule has 1 amide bonds. The van der Waals surface area contributed by atoms with Gasteiger partial charge in [-0.1, -0.05) is 38.1 Å². The number of aliphatic hydroxyl groups excluding tert-OH is 1. The number of Topliss-reactive ketones (excluding diaryl/α,β-unsaturated/α-hetero) is 1. The van der Waals surface area contributed by atoms with Gasteiger partial charge in [-0.2, -0.15) is 0 Å². The third-order valence-electron chi connectivity index (χ3n) is 18.2. The van der Waals surface area contributed by atoms with Crippen molar-refractivity contribution in [3.8, 4) is 11.5 Å². The Balaban J connectivity index is 1.02. The highest BCUT2D eigenvalue weighted by molar-refractivity contribution is 7.14. The van der Waals surface area contributed by atoms with Gasteiger partial charge in [0.1, 0.15) is 0 Å². The van der Waals surface area contributed by atoms with Gasteiger partial charge in [-0.15, -0.1) is 11.3 Å². The molecule has 57 heavy (non-hydrogen) atoms. The molecule has 7 fully saturated rings. The fraction of sp³-hybridized carbons (Fsp3) is 0.673. The normalized spacial score (nSPS) is 43.2. The van der Waals surface area contributed by atoms with Crippen molar-refractivity contribution < 1.29 is 29.3 Å². The summed E-state index contributed by atoms with van der Waals surface area (Å²) in [6.07, 6.45) is 20.2. The van der Waals surface area contributed by atoms with E-state index in [2.05, 4.69) is 43.9 Å². The lowest BCUT2D eigenvalue weighted by molar-refractivity contribution is -0.181. The predicted molar refractivity (Wildman–Crippen MR) is 222 cm³/mol. The summed E-state index contributed by atoms with van der Waals surface area (Å²) < 4.78 is 11.2. The Kier molecular flexibility index (Phi) is 8.75. The summed E-state index contributed by atoms with van der Waals surface area (Å²) in [7, 11) is 3.26. The summed E-state index contributed by atoms with van der Waals surface area (Å²) in [5.41, 5.74) is -0.670. The number of methoxy groups -OCH3 is 2. The maximum Gasteiger partial charge on any atom is 0.227 e. The second kappa shape index (κ2) is 13.0. The van der Waals surface area contributed by atoms with E-state index in [1.165, 1.54) is 38.5 Å². The SMILES string of the molecule is COc1ccc(CC(=O)N(CC23CC4CC(CC(C4)C2)C3)C[C@]2(O)CC[C@H]3[C@]45C=C[C@@]6(C=C4C(=O)c4ccc(C)s4)CC(O)CC[C@]6(C)[C@H]5CC[C@@]32C)cc1OC. The van der Waals surface area contributed by atoms with Crippen LogP contribution in [0.1, 0.15) is 117 Å². The summed E-state index contributed by atoms with van der Waals surface area (Å²) in [6.45, 7) is 7.85. The number of amides is 1. The first-order chi connectivity index (χ1) is 27.2. The second-order valence-electron chi connectivity index (χ2n) is 21.1. The summed E-state index contributed by atoms with van der Waals surface area (Å²) in [6, 6.07) is 9.81. The van der Waals surface area contributed by atoms with Gasteiger partial charge in [0.25, 0.3) is 0 Å². The molecular weight excluding hydrogens is 731 g/mol. The van der Waals surface area contributed by atoms with Crippen molar-refractivity contribution in [1.29, 1.82) is 0 Å². The molecule has 2 spiro atoms. The van der Waals surface area contributed by atoms with Crippen molar-refractivity contribution in [3.63, 3.8) is 0 Å². The lowest BCUT2D eigenvalue weighted by Gasteiger charge is -2.71. The fourth-order valence-corrected chi connectivity index (χ4v) is 16.8. The van der Waals surface area contributed by atoms with E-state index in [0.29, 0.717) is 37.4 Å². The number of hydrogen-bond donors (Lipinski definition) is 2. The van der Waals surface area contributed by atoms with Crippen LogP contribution in [0.15, 0.2) is 54.1 Å². The predicted octanol–water partition coefficient (Wildman–Crippen LogP) is 9.14. The molecule has 0 saturated heterocycles. The maximum atomic E-state index is 15.0. The number of fused-ring (bicyclic) bond motifs is 1. The molecule has 7 saturated carbocycles. The first-order valence-corrected chi connectivity index (χ1v) is 22.9. The Hall–Kier alpha value is -2.94. The third kappa shape index (κ3) is 5.47. The molecule has 12 rings (SSSR count). The van der Waals surface area contributed by atoms with Crippen LogP contribution in [0.4, 0.5) is 0 Å². The zero-order valence-corrected chi connectivity index (χ0v) is 35.6. The molecule has 8 heteroatoms. The lowest BCUT2D eigenvalue weighted by Crippen LogP contribution is -2.67. The third-order valence-corrected chi connectivity index (χ3v) is 19.2. The zero-order chi connectivity index (χ0) is 39.8. The molecule has 8 atom stereocenters. The lowest BCUT2D eigenvalue weighted by atomic mass is 9.32. The van der Waals surface area contributed by atoms with Gasteiger partial charge in [0, 0.05) is 39.8 Å². The minimum atomic E-state index is -1.11. The minimum absolute atomic E-state index is 0.0468. The number of thiophene rings is 1. The number of allylic oxidation sites excluding steroid dienone is 4. The molecule has 1 unspecified atom stereocenters. The Bertz CT molecular complexity index is 2020. The molecule has 0 radical (unpaired) electrons. The minimum Gasteiger partial charge on any atom is -0.493 e. The summed E-state index contributed by atoms with van der Waals surface area (Å²) in [4.78, 5) is 33.9. The number of aryl methyl sites for hydroxylation is 1. The zero-order valence-electron chi connectivity index (χ0n) is 34.8. The van der Waals surface area contributed by atoms with E-state index >= 15 is 0 Å². The molecule has 1 aromatic heterocycles. The van der Waals surface area contributed by atoms with Gasteiger partial charge in [-0.25, -0.2) is 0 Å². The van der Waals surface area contributed by atoms with Crippen molar-refractivity contribution in [2.24, 2.45) is 56.7 Å². The molecular formula is C49H63NO6S. The number of aliphatic hydroxyl groups is 2. The monoisotopic (exact) mass is 793 g/mol. The number of benzene rings is 1. The number of ether oxygens (including phenoxy) is 2.